The van der Waals surface area contributed by atoms with Gasteiger partial charge in [0.05, 0.1) is 30.0 Å². The maximum atomic E-state index is 14.7. The molecule has 1 heterocycles. The molecule has 0 saturated heterocycles. The number of nitriles is 1. The summed E-state index contributed by atoms with van der Waals surface area (Å²) < 4.78 is 34.2. The lowest BCUT2D eigenvalue weighted by Gasteiger charge is -2.31. The van der Waals surface area contributed by atoms with Gasteiger partial charge in [-0.25, -0.2) is 13.8 Å². The second kappa shape index (κ2) is 10.7. The molecule has 2 saturated carbocycles. The summed E-state index contributed by atoms with van der Waals surface area (Å²) in [6, 6.07) is 9.54. The topological polar surface area (TPSA) is 82.0 Å². The maximum absolute atomic E-state index is 14.7. The highest BCUT2D eigenvalue weighted by Crippen LogP contribution is 2.45. The van der Waals surface area contributed by atoms with E-state index < -0.39 is 17.0 Å². The Morgan fingerprint density at radius 1 is 1.15 bits per heavy atom. The van der Waals surface area contributed by atoms with Crippen molar-refractivity contribution in [1.29, 1.82) is 5.26 Å². The number of nitrogens with zero attached hydrogens (tertiary/aromatic N) is 2. The smallest absolute Gasteiger partial charge is 0.149 e. The van der Waals surface area contributed by atoms with Crippen LogP contribution in [0.5, 0.6) is 0 Å². The van der Waals surface area contributed by atoms with Gasteiger partial charge in [-0.1, -0.05) is 6.07 Å². The first-order chi connectivity index (χ1) is 16.4. The summed E-state index contributed by atoms with van der Waals surface area (Å²) in [6.45, 7) is 3.21. The van der Waals surface area contributed by atoms with Crippen molar-refractivity contribution < 1.29 is 13.5 Å². The molecule has 8 heteroatoms. The predicted octanol–water partition coefficient (Wildman–Crippen LogP) is 5.09. The van der Waals surface area contributed by atoms with Crippen molar-refractivity contribution >= 4 is 11.5 Å². The fraction of sp³-hybridized carbons (Fsp3) is 0.538. The third kappa shape index (κ3) is 6.02. The Labute approximate surface area is 200 Å². The van der Waals surface area contributed by atoms with Crippen LogP contribution in [0.25, 0.3) is 11.1 Å². The van der Waals surface area contributed by atoms with Crippen molar-refractivity contribution in [2.75, 3.05) is 30.9 Å². The number of hydrogen-bond donors (Lipinski definition) is 3. The van der Waals surface area contributed by atoms with Crippen LogP contribution in [-0.2, 0) is 4.74 Å². The van der Waals surface area contributed by atoms with Gasteiger partial charge in [0.2, 0.25) is 0 Å². The molecular formula is C26H33F2N5O. The van der Waals surface area contributed by atoms with E-state index in [1.807, 2.05) is 0 Å². The van der Waals surface area contributed by atoms with Gasteiger partial charge in [0.1, 0.15) is 17.5 Å². The molecule has 0 radical (unpaired) electrons. The van der Waals surface area contributed by atoms with Crippen LogP contribution in [0.15, 0.2) is 30.5 Å². The Bertz CT molecular complexity index is 1030. The van der Waals surface area contributed by atoms with E-state index >= 15 is 0 Å². The maximum Gasteiger partial charge on any atom is 0.149 e. The average Bonchev–Trinajstić information content (AvgIpc) is 3.62. The van der Waals surface area contributed by atoms with Crippen LogP contribution in [0.3, 0.4) is 0 Å². The van der Waals surface area contributed by atoms with Crippen LogP contribution in [-0.4, -0.2) is 43.4 Å². The molecule has 0 amide bonds. The third-order valence-electron chi connectivity index (χ3n) is 6.86. The fourth-order valence-electron chi connectivity index (χ4n) is 4.62. The number of halogens is 2. The highest BCUT2D eigenvalue weighted by Gasteiger charge is 2.43. The molecule has 34 heavy (non-hydrogen) atoms. The van der Waals surface area contributed by atoms with E-state index in [1.165, 1.54) is 12.3 Å². The Morgan fingerprint density at radius 3 is 2.56 bits per heavy atom. The van der Waals surface area contributed by atoms with Crippen molar-refractivity contribution in [3.8, 4) is 17.2 Å². The standard InChI is InChI=1S/C26H33F2N5O/c1-17(14-34-2)32-19-4-6-20(7-5-19)33-25-12-21(23(28)13-30-25)18-3-8-22(27)24(11-18)31-16-26(15-29)9-10-26/h3,8,11-13,17,19-20,31-32H,4-7,9-10,14,16H2,1-2H3,(H,30,33)/t17-,19?,20?/m1/s1. The van der Waals surface area contributed by atoms with Crippen molar-refractivity contribution in [2.45, 2.75) is 63.6 Å². The quantitative estimate of drug-likeness (QED) is 0.450. The third-order valence-corrected chi connectivity index (χ3v) is 6.86. The van der Waals surface area contributed by atoms with Gasteiger partial charge < -0.3 is 20.7 Å². The van der Waals surface area contributed by atoms with Gasteiger partial charge in [0, 0.05) is 37.3 Å². The normalized spacial score (nSPS) is 22.0. The van der Waals surface area contributed by atoms with Crippen molar-refractivity contribution in [2.24, 2.45) is 5.41 Å². The molecule has 0 aliphatic heterocycles. The summed E-state index contributed by atoms with van der Waals surface area (Å²) in [5.41, 5.74) is 0.801. The molecule has 2 aliphatic rings. The van der Waals surface area contributed by atoms with Gasteiger partial charge in [-0.05, 0) is 69.2 Å². The highest BCUT2D eigenvalue weighted by molar-refractivity contribution is 5.71. The molecule has 4 rings (SSSR count). The molecular weight excluding hydrogens is 436 g/mol. The average molecular weight is 470 g/mol. The van der Waals surface area contributed by atoms with Gasteiger partial charge in [0.25, 0.3) is 0 Å². The lowest BCUT2D eigenvalue weighted by Crippen LogP contribution is -2.42. The number of anilines is 2. The number of methoxy groups -OCH3 is 1. The summed E-state index contributed by atoms with van der Waals surface area (Å²) >= 11 is 0. The first-order valence-corrected chi connectivity index (χ1v) is 12.0. The van der Waals surface area contributed by atoms with E-state index in [2.05, 4.69) is 33.9 Å². The minimum absolute atomic E-state index is 0.271. The molecule has 2 fully saturated rings. The molecule has 0 spiro atoms. The summed E-state index contributed by atoms with van der Waals surface area (Å²) in [4.78, 5) is 4.23. The van der Waals surface area contributed by atoms with Gasteiger partial charge in [-0.15, -0.1) is 0 Å². The molecule has 6 nitrogen and oxygen atoms in total. The van der Waals surface area contributed by atoms with Crippen LogP contribution in [0.1, 0.15) is 45.4 Å². The first kappa shape index (κ1) is 24.4. The van der Waals surface area contributed by atoms with Crippen molar-refractivity contribution in [3.63, 3.8) is 0 Å². The van der Waals surface area contributed by atoms with Crippen molar-refractivity contribution in [1.82, 2.24) is 10.3 Å². The number of benzene rings is 1. The van der Waals surface area contributed by atoms with Crippen LogP contribution in [0.2, 0.25) is 0 Å². The molecule has 182 valence electrons. The minimum Gasteiger partial charge on any atom is -0.383 e. The molecule has 1 atom stereocenters. The summed E-state index contributed by atoms with van der Waals surface area (Å²) in [5, 5.41) is 19.3. The van der Waals surface area contributed by atoms with E-state index in [4.69, 9.17) is 4.74 Å². The van der Waals surface area contributed by atoms with Crippen LogP contribution in [0.4, 0.5) is 20.3 Å². The lowest BCUT2D eigenvalue weighted by molar-refractivity contribution is 0.161. The Kier molecular flexibility index (Phi) is 7.64. The Morgan fingerprint density at radius 2 is 1.88 bits per heavy atom. The second-order valence-electron chi connectivity index (χ2n) is 9.71. The van der Waals surface area contributed by atoms with Crippen molar-refractivity contribution in [3.05, 3.63) is 42.1 Å². The number of ether oxygens (including phenoxy) is 1. The monoisotopic (exact) mass is 469 g/mol. The van der Waals surface area contributed by atoms with E-state index in [1.54, 1.807) is 25.3 Å². The molecule has 0 unspecified atom stereocenters. The number of aromatic nitrogens is 1. The van der Waals surface area contributed by atoms with E-state index in [9.17, 15) is 14.0 Å². The SMILES string of the molecule is COC[C@@H](C)NC1CCC(Nc2cc(-c3ccc(F)c(NCC4(C#N)CC4)c3)c(F)cn2)CC1. The van der Waals surface area contributed by atoms with Crippen LogP contribution in [0, 0.1) is 28.4 Å². The first-order valence-electron chi connectivity index (χ1n) is 12.0. The predicted molar refractivity (Wildman–Crippen MR) is 129 cm³/mol. The zero-order valence-electron chi connectivity index (χ0n) is 19.8. The molecule has 3 N–H and O–H groups in total. The van der Waals surface area contributed by atoms with Crippen LogP contribution < -0.4 is 16.0 Å². The van der Waals surface area contributed by atoms with Gasteiger partial charge in [-0.2, -0.15) is 5.26 Å². The lowest BCUT2D eigenvalue weighted by atomic mass is 9.90. The molecule has 1 aromatic heterocycles. The Hall–Kier alpha value is -2.76. The van der Waals surface area contributed by atoms with Gasteiger partial charge in [0.15, 0.2) is 0 Å². The second-order valence-corrected chi connectivity index (χ2v) is 9.71. The molecule has 1 aromatic carbocycles. The Balaban J connectivity index is 1.40. The number of hydrogen-bond acceptors (Lipinski definition) is 6. The zero-order valence-corrected chi connectivity index (χ0v) is 19.8. The summed E-state index contributed by atoms with van der Waals surface area (Å²) in [7, 11) is 1.71. The summed E-state index contributed by atoms with van der Waals surface area (Å²) in [5.74, 6) is -0.268. The van der Waals surface area contributed by atoms with Gasteiger partial charge >= 0.3 is 0 Å². The number of pyridine rings is 1. The molecule has 2 aromatic rings. The zero-order chi connectivity index (χ0) is 24.1. The van der Waals surface area contributed by atoms with E-state index in [0.29, 0.717) is 42.2 Å². The minimum atomic E-state index is -0.459. The van der Waals surface area contributed by atoms with Crippen LogP contribution >= 0.6 is 0 Å². The number of nitrogens with one attached hydrogen (secondary N) is 3. The highest BCUT2D eigenvalue weighted by atomic mass is 19.1. The summed E-state index contributed by atoms with van der Waals surface area (Å²) in [6.07, 6.45) is 6.94. The number of rotatable bonds is 10. The molecule has 2 aliphatic carbocycles. The van der Waals surface area contributed by atoms with Gasteiger partial charge in [-0.3, -0.25) is 0 Å². The largest absolute Gasteiger partial charge is 0.383 e. The van der Waals surface area contributed by atoms with E-state index in [0.717, 1.165) is 38.5 Å². The fourth-order valence-corrected chi connectivity index (χ4v) is 4.62. The van der Waals surface area contributed by atoms with E-state index in [-0.39, 0.29) is 11.7 Å². The molecule has 0 bridgehead atoms.